The molecule has 47 heavy (non-hydrogen) atoms. The van der Waals surface area contributed by atoms with Crippen LogP contribution in [0, 0.1) is 11.6 Å². The number of halogens is 3. The Kier molecular flexibility index (Phi) is 7.43. The number of aromatic hydroxyl groups is 1. The van der Waals surface area contributed by atoms with Crippen LogP contribution in [0.15, 0.2) is 30.5 Å². The number of fused-ring (bicyclic) bond motifs is 3. The van der Waals surface area contributed by atoms with Crippen LogP contribution in [0.4, 0.5) is 19.0 Å². The fourth-order valence-corrected chi connectivity index (χ4v) is 8.45. The number of piperidine rings is 1. The highest BCUT2D eigenvalue weighted by atomic mass is 19.1. The van der Waals surface area contributed by atoms with Crippen molar-refractivity contribution in [2.75, 3.05) is 44.2 Å². The van der Waals surface area contributed by atoms with Gasteiger partial charge in [-0.3, -0.25) is 20.5 Å². The number of rotatable bonds is 6. The first-order chi connectivity index (χ1) is 22.7. The number of nitrogens with one attached hydrogen (secondary N) is 2. The number of hydrogen-bond donors (Lipinski definition) is 4. The van der Waals surface area contributed by atoms with Gasteiger partial charge in [0, 0.05) is 44.4 Å². The standard InChI is InChI=1S/C34H38F3N7O3/c1-2-22-25(36)6-5-19-11-21(45)12-23(26(19)22)28-27(37)29-24(14-38-28)30(43-9-3-7-33(17-43)16-39-31(46)42-33)41-32(40-29)47-18-34-8-4-10-44(34)15-20(35)13-34/h5-6,11-12,14,20,31,39,42,45-46H,2-4,7-10,13,15-18H2,1H3/t20-,31?,33?,34+/m1/s1. The fraction of sp³-hybridized carbons (Fsp3) is 0.500. The zero-order valence-corrected chi connectivity index (χ0v) is 26.2. The zero-order chi connectivity index (χ0) is 32.5. The fourth-order valence-electron chi connectivity index (χ4n) is 8.45. The van der Waals surface area contributed by atoms with Crippen molar-refractivity contribution in [2.45, 2.75) is 69.1 Å². The number of alkyl halides is 1. The molecule has 1 spiro atoms. The molecule has 2 unspecified atom stereocenters. The van der Waals surface area contributed by atoms with Gasteiger partial charge in [-0.25, -0.2) is 13.2 Å². The van der Waals surface area contributed by atoms with E-state index in [1.807, 2.05) is 11.8 Å². The van der Waals surface area contributed by atoms with E-state index in [9.17, 15) is 19.0 Å². The molecule has 0 amide bonds. The predicted molar refractivity (Wildman–Crippen MR) is 171 cm³/mol. The van der Waals surface area contributed by atoms with Crippen molar-refractivity contribution < 1.29 is 28.1 Å². The van der Waals surface area contributed by atoms with E-state index in [1.54, 1.807) is 6.07 Å². The normalized spacial score (nSPS) is 27.8. The number of nitrogens with zero attached hydrogens (tertiary/aromatic N) is 5. The molecule has 0 bridgehead atoms. The van der Waals surface area contributed by atoms with Gasteiger partial charge in [-0.15, -0.1) is 0 Å². The Morgan fingerprint density at radius 2 is 1.98 bits per heavy atom. The molecule has 248 valence electrons. The first-order valence-electron chi connectivity index (χ1n) is 16.4. The Balaban J connectivity index is 1.26. The van der Waals surface area contributed by atoms with Gasteiger partial charge in [0.15, 0.2) is 12.2 Å². The lowest BCUT2D eigenvalue weighted by molar-refractivity contribution is 0.107. The van der Waals surface area contributed by atoms with Crippen LogP contribution in [0.1, 0.15) is 44.6 Å². The van der Waals surface area contributed by atoms with Crippen molar-refractivity contribution in [3.05, 3.63) is 47.7 Å². The smallest absolute Gasteiger partial charge is 0.319 e. The second-order valence-electron chi connectivity index (χ2n) is 13.6. The van der Waals surface area contributed by atoms with Crippen LogP contribution in [0.2, 0.25) is 0 Å². The average Bonchev–Trinajstić information content (AvgIpc) is 3.71. The number of ether oxygens (including phenoxy) is 1. The maximum Gasteiger partial charge on any atom is 0.319 e. The molecule has 4 aliphatic rings. The minimum absolute atomic E-state index is 0.0197. The topological polar surface area (TPSA) is 119 Å². The molecule has 2 aromatic carbocycles. The van der Waals surface area contributed by atoms with E-state index in [4.69, 9.17) is 9.72 Å². The van der Waals surface area contributed by atoms with Crippen LogP contribution < -0.4 is 20.3 Å². The number of pyridine rings is 1. The summed E-state index contributed by atoms with van der Waals surface area (Å²) in [6.07, 6.45) is 3.87. The number of hydrogen-bond acceptors (Lipinski definition) is 10. The lowest BCUT2D eigenvalue weighted by Gasteiger charge is -2.41. The van der Waals surface area contributed by atoms with Crippen molar-refractivity contribution in [2.24, 2.45) is 0 Å². The Morgan fingerprint density at radius 3 is 2.79 bits per heavy atom. The first-order valence-corrected chi connectivity index (χ1v) is 16.4. The van der Waals surface area contributed by atoms with Gasteiger partial charge >= 0.3 is 6.01 Å². The summed E-state index contributed by atoms with van der Waals surface area (Å²) in [5.41, 5.74) is -0.309. The number of aliphatic hydroxyl groups is 1. The second kappa shape index (κ2) is 11.4. The summed E-state index contributed by atoms with van der Waals surface area (Å²) in [5.74, 6) is -0.823. The number of aromatic nitrogens is 3. The van der Waals surface area contributed by atoms with Crippen LogP contribution in [0.3, 0.4) is 0 Å². The minimum atomic E-state index is -0.930. The summed E-state index contributed by atoms with van der Waals surface area (Å²) in [7, 11) is 0. The summed E-state index contributed by atoms with van der Waals surface area (Å²) in [6, 6.07) is 5.80. The van der Waals surface area contributed by atoms with Gasteiger partial charge < -0.3 is 19.8 Å². The van der Waals surface area contributed by atoms with E-state index >= 15 is 4.39 Å². The molecule has 4 fully saturated rings. The molecule has 4 atom stereocenters. The van der Waals surface area contributed by atoms with E-state index in [1.165, 1.54) is 24.4 Å². The Labute approximate surface area is 270 Å². The number of phenols is 1. The van der Waals surface area contributed by atoms with Gasteiger partial charge in [0.1, 0.15) is 41.4 Å². The Hall–Kier alpha value is -3.78. The van der Waals surface area contributed by atoms with Crippen LogP contribution >= 0.6 is 0 Å². The van der Waals surface area contributed by atoms with Gasteiger partial charge in [-0.1, -0.05) is 13.0 Å². The van der Waals surface area contributed by atoms with Crippen molar-refractivity contribution in [1.82, 2.24) is 30.5 Å². The number of aryl methyl sites for hydroxylation is 1. The van der Waals surface area contributed by atoms with Crippen LogP contribution in [-0.2, 0) is 6.42 Å². The van der Waals surface area contributed by atoms with Crippen molar-refractivity contribution >= 4 is 27.5 Å². The summed E-state index contributed by atoms with van der Waals surface area (Å²) < 4.78 is 52.7. The quantitative estimate of drug-likeness (QED) is 0.243. The third-order valence-electron chi connectivity index (χ3n) is 10.6. The SMILES string of the molecule is CCc1c(F)ccc2cc(O)cc(-c3ncc4c(N5CCCC6(CNC(O)N6)C5)nc(OC[C@@]56CCCN5C[C@H](F)C6)nc4c3F)c12. The van der Waals surface area contributed by atoms with E-state index < -0.39 is 35.2 Å². The molecule has 8 rings (SSSR count). The van der Waals surface area contributed by atoms with Crippen LogP contribution in [-0.4, -0.2) is 93.0 Å². The van der Waals surface area contributed by atoms with Gasteiger partial charge in [0.2, 0.25) is 0 Å². The molecule has 6 heterocycles. The molecule has 10 nitrogen and oxygen atoms in total. The Morgan fingerprint density at radius 1 is 1.13 bits per heavy atom. The summed E-state index contributed by atoms with van der Waals surface area (Å²) in [4.78, 5) is 18.1. The predicted octanol–water partition coefficient (Wildman–Crippen LogP) is 4.15. The minimum Gasteiger partial charge on any atom is -0.508 e. The number of phenolic OH excluding ortho intramolecular Hbond substituents is 1. The molecule has 4 aromatic rings. The van der Waals surface area contributed by atoms with Crippen LogP contribution in [0.25, 0.3) is 32.9 Å². The third kappa shape index (κ3) is 5.14. The van der Waals surface area contributed by atoms with E-state index in [2.05, 4.69) is 25.5 Å². The monoisotopic (exact) mass is 649 g/mol. The van der Waals surface area contributed by atoms with Crippen molar-refractivity contribution in [3.8, 4) is 23.0 Å². The maximum absolute atomic E-state index is 16.9. The molecule has 4 saturated heterocycles. The van der Waals surface area contributed by atoms with Crippen molar-refractivity contribution in [1.29, 1.82) is 0 Å². The van der Waals surface area contributed by atoms with E-state index in [0.29, 0.717) is 66.6 Å². The zero-order valence-electron chi connectivity index (χ0n) is 26.2. The molecular weight excluding hydrogens is 611 g/mol. The molecule has 0 radical (unpaired) electrons. The lowest BCUT2D eigenvalue weighted by atomic mass is 9.90. The van der Waals surface area contributed by atoms with Gasteiger partial charge in [-0.2, -0.15) is 9.97 Å². The maximum atomic E-state index is 16.9. The number of aliphatic hydroxyl groups excluding tert-OH is 1. The lowest BCUT2D eigenvalue weighted by Crippen LogP contribution is -2.57. The highest BCUT2D eigenvalue weighted by Crippen LogP contribution is 2.42. The highest BCUT2D eigenvalue weighted by Gasteiger charge is 2.49. The van der Waals surface area contributed by atoms with Gasteiger partial charge in [0.25, 0.3) is 0 Å². The molecule has 0 aliphatic carbocycles. The molecule has 13 heteroatoms. The Bertz CT molecular complexity index is 1880. The van der Waals surface area contributed by atoms with E-state index in [0.717, 1.165) is 32.2 Å². The summed E-state index contributed by atoms with van der Waals surface area (Å²) in [6.45, 7) is 4.85. The number of benzene rings is 2. The number of anilines is 1. The van der Waals surface area contributed by atoms with Crippen LogP contribution in [0.5, 0.6) is 11.8 Å². The largest absolute Gasteiger partial charge is 0.508 e. The average molecular weight is 650 g/mol. The van der Waals surface area contributed by atoms with E-state index in [-0.39, 0.29) is 35.1 Å². The molecule has 4 N–H and O–H groups in total. The summed E-state index contributed by atoms with van der Waals surface area (Å²) in [5, 5.41) is 28.5. The molecule has 4 aliphatic heterocycles. The first kappa shape index (κ1) is 30.5. The molecule has 0 saturated carbocycles. The highest BCUT2D eigenvalue weighted by molar-refractivity contribution is 6.01. The van der Waals surface area contributed by atoms with Crippen molar-refractivity contribution in [3.63, 3.8) is 0 Å². The van der Waals surface area contributed by atoms with Gasteiger partial charge in [0.05, 0.1) is 16.5 Å². The molecular formula is C34H38F3N7O3. The summed E-state index contributed by atoms with van der Waals surface area (Å²) >= 11 is 0. The third-order valence-corrected chi connectivity index (χ3v) is 10.6. The van der Waals surface area contributed by atoms with Gasteiger partial charge in [-0.05, 0) is 73.2 Å². The second-order valence-corrected chi connectivity index (χ2v) is 13.6. The molecule has 2 aromatic heterocycles.